The second-order valence-corrected chi connectivity index (χ2v) is 3.85. The Bertz CT molecular complexity index is 636. The predicted molar refractivity (Wildman–Crippen MR) is 67.7 cm³/mol. The van der Waals surface area contributed by atoms with Crippen molar-refractivity contribution < 1.29 is 29.4 Å². The van der Waals surface area contributed by atoms with Crippen molar-refractivity contribution in [2.75, 3.05) is 14.2 Å². The Morgan fingerprint density at radius 1 is 1.32 bits per heavy atom. The first-order valence-corrected chi connectivity index (χ1v) is 5.36. The molecular weight excluding hydrogens is 253 g/mol. The van der Waals surface area contributed by atoms with Crippen LogP contribution in [0.3, 0.4) is 0 Å². The van der Waals surface area contributed by atoms with Crippen molar-refractivity contribution >= 4 is 29.5 Å². The molecule has 1 aromatic carbocycles. The number of carbonyl (C=O) groups excluding carboxylic acids is 1. The van der Waals surface area contributed by atoms with Gasteiger partial charge in [0.1, 0.15) is 17.2 Å². The highest BCUT2D eigenvalue weighted by Gasteiger charge is 2.25. The Balaban J connectivity index is 2.72. The van der Waals surface area contributed by atoms with Gasteiger partial charge in [0.2, 0.25) is 0 Å². The van der Waals surface area contributed by atoms with E-state index in [2.05, 4.69) is 9.72 Å². The van der Waals surface area contributed by atoms with Crippen LogP contribution in [0.4, 0.5) is 0 Å². The van der Waals surface area contributed by atoms with E-state index >= 15 is 0 Å². The molecule has 8 heteroatoms. The molecule has 0 aliphatic carbocycles. The molecule has 1 heterocycles. The van der Waals surface area contributed by atoms with Crippen LogP contribution in [-0.4, -0.2) is 47.4 Å². The first-order chi connectivity index (χ1) is 8.99. The second-order valence-electron chi connectivity index (χ2n) is 3.85. The molecule has 0 bridgehead atoms. The van der Waals surface area contributed by atoms with Crippen molar-refractivity contribution in [3.63, 3.8) is 0 Å². The molecular formula is C11H12BNO6. The number of hydrogen-bond acceptors (Lipinski definition) is 6. The molecule has 2 rings (SSSR count). The average molecular weight is 265 g/mol. The number of esters is 1. The van der Waals surface area contributed by atoms with Gasteiger partial charge < -0.3 is 29.6 Å². The Morgan fingerprint density at radius 3 is 2.53 bits per heavy atom. The molecule has 2 aromatic rings. The standard InChI is InChI=1S/C11H12BNO6/c1-18-8-4-6-5(10(14)9(8)12(16)17)3-7(13-6)11(15)19-2/h3-4,13-14,16-17H,1-2H3. The zero-order valence-electron chi connectivity index (χ0n) is 10.3. The Morgan fingerprint density at radius 2 is 2.00 bits per heavy atom. The van der Waals surface area contributed by atoms with Gasteiger partial charge in [0.15, 0.2) is 0 Å². The van der Waals surface area contributed by atoms with Crippen LogP contribution in [0.15, 0.2) is 12.1 Å². The molecule has 0 atom stereocenters. The van der Waals surface area contributed by atoms with E-state index < -0.39 is 13.1 Å². The number of H-pyrrole nitrogens is 1. The number of carbonyl (C=O) groups is 1. The van der Waals surface area contributed by atoms with Gasteiger partial charge in [-0.1, -0.05) is 0 Å². The maximum absolute atomic E-state index is 11.4. The lowest BCUT2D eigenvalue weighted by Gasteiger charge is -2.10. The third kappa shape index (κ3) is 2.11. The lowest BCUT2D eigenvalue weighted by Crippen LogP contribution is -2.31. The number of methoxy groups -OCH3 is 2. The Kier molecular flexibility index (Phi) is 3.37. The van der Waals surface area contributed by atoms with Crippen LogP contribution in [0.5, 0.6) is 11.5 Å². The zero-order valence-corrected chi connectivity index (χ0v) is 10.3. The topological polar surface area (TPSA) is 112 Å². The van der Waals surface area contributed by atoms with E-state index in [1.165, 1.54) is 26.4 Å². The number of phenols is 1. The SMILES string of the molecule is COC(=O)c1cc2c(O)c(B(O)O)c(OC)cc2[nH]1. The molecule has 7 nitrogen and oxygen atoms in total. The van der Waals surface area contributed by atoms with E-state index in [9.17, 15) is 19.9 Å². The molecule has 0 saturated heterocycles. The maximum atomic E-state index is 11.4. The minimum atomic E-state index is -1.89. The average Bonchev–Trinajstić information content (AvgIpc) is 2.81. The van der Waals surface area contributed by atoms with Gasteiger partial charge in [0.25, 0.3) is 0 Å². The highest BCUT2D eigenvalue weighted by atomic mass is 16.5. The number of aromatic nitrogens is 1. The van der Waals surface area contributed by atoms with Crippen molar-refractivity contribution in [2.24, 2.45) is 0 Å². The normalized spacial score (nSPS) is 10.5. The summed E-state index contributed by atoms with van der Waals surface area (Å²) in [5.41, 5.74) is 0.393. The highest BCUT2D eigenvalue weighted by Crippen LogP contribution is 2.29. The highest BCUT2D eigenvalue weighted by molar-refractivity contribution is 6.61. The molecule has 4 N–H and O–H groups in total. The predicted octanol–water partition coefficient (Wildman–Crippen LogP) is -0.652. The number of rotatable bonds is 3. The van der Waals surface area contributed by atoms with Crippen LogP contribution in [0.2, 0.25) is 0 Å². The molecule has 0 unspecified atom stereocenters. The van der Waals surface area contributed by atoms with Gasteiger partial charge in [0, 0.05) is 11.5 Å². The molecule has 1 aromatic heterocycles. The van der Waals surface area contributed by atoms with E-state index in [4.69, 9.17) is 4.74 Å². The molecule has 100 valence electrons. The molecule has 0 aliphatic rings. The molecule has 0 fully saturated rings. The summed E-state index contributed by atoms with van der Waals surface area (Å²) in [7, 11) is 0.671. The summed E-state index contributed by atoms with van der Waals surface area (Å²) in [5.74, 6) is -0.866. The van der Waals surface area contributed by atoms with Crippen molar-refractivity contribution in [1.82, 2.24) is 4.98 Å². The van der Waals surface area contributed by atoms with Gasteiger partial charge in [-0.2, -0.15) is 0 Å². The Hall–Kier alpha value is -2.19. The molecule has 0 aliphatic heterocycles. The number of ether oxygens (including phenoxy) is 2. The van der Waals surface area contributed by atoms with Crippen molar-refractivity contribution in [2.45, 2.75) is 0 Å². The number of aromatic hydroxyl groups is 1. The quantitative estimate of drug-likeness (QED) is 0.433. The van der Waals surface area contributed by atoms with Gasteiger partial charge in [0.05, 0.1) is 25.2 Å². The van der Waals surface area contributed by atoms with Gasteiger partial charge in [-0.15, -0.1) is 0 Å². The minimum Gasteiger partial charge on any atom is -0.507 e. The summed E-state index contributed by atoms with van der Waals surface area (Å²) < 4.78 is 9.53. The lowest BCUT2D eigenvalue weighted by atomic mass is 9.78. The van der Waals surface area contributed by atoms with E-state index in [1.807, 2.05) is 0 Å². The summed E-state index contributed by atoms with van der Waals surface area (Å²) >= 11 is 0. The number of hydrogen-bond donors (Lipinski definition) is 4. The number of nitrogens with one attached hydrogen (secondary N) is 1. The summed E-state index contributed by atoms with van der Waals surface area (Å²) in [5, 5.41) is 28.8. The minimum absolute atomic E-state index is 0.0956. The number of aromatic amines is 1. The van der Waals surface area contributed by atoms with Crippen LogP contribution < -0.4 is 10.2 Å². The van der Waals surface area contributed by atoms with Crippen molar-refractivity contribution in [1.29, 1.82) is 0 Å². The molecule has 0 spiro atoms. The molecule has 19 heavy (non-hydrogen) atoms. The van der Waals surface area contributed by atoms with Crippen LogP contribution >= 0.6 is 0 Å². The third-order valence-electron chi connectivity index (χ3n) is 2.78. The fraction of sp³-hybridized carbons (Fsp3) is 0.182. The van der Waals surface area contributed by atoms with Crippen LogP contribution in [0.1, 0.15) is 10.5 Å². The maximum Gasteiger partial charge on any atom is 0.496 e. The monoisotopic (exact) mass is 265 g/mol. The summed E-state index contributed by atoms with van der Waals surface area (Å²) in [6.45, 7) is 0. The fourth-order valence-electron chi connectivity index (χ4n) is 1.89. The summed E-state index contributed by atoms with van der Waals surface area (Å²) in [4.78, 5) is 14.2. The number of phenolic OH excluding ortho intramolecular Hbond substituents is 1. The lowest BCUT2D eigenvalue weighted by molar-refractivity contribution is 0.0595. The van der Waals surface area contributed by atoms with Crippen molar-refractivity contribution in [3.8, 4) is 11.5 Å². The van der Waals surface area contributed by atoms with Crippen molar-refractivity contribution in [3.05, 3.63) is 17.8 Å². The van der Waals surface area contributed by atoms with Gasteiger partial charge in [-0.05, 0) is 6.07 Å². The van der Waals surface area contributed by atoms with Crippen LogP contribution in [0.25, 0.3) is 10.9 Å². The fourth-order valence-corrected chi connectivity index (χ4v) is 1.89. The van der Waals surface area contributed by atoms with Gasteiger partial charge in [-0.3, -0.25) is 0 Å². The first-order valence-electron chi connectivity index (χ1n) is 5.36. The molecule has 0 radical (unpaired) electrons. The zero-order chi connectivity index (χ0) is 14.2. The number of benzene rings is 1. The van der Waals surface area contributed by atoms with Crippen LogP contribution in [0, 0.1) is 0 Å². The molecule has 0 amide bonds. The van der Waals surface area contributed by atoms with Gasteiger partial charge in [-0.25, -0.2) is 4.79 Å². The summed E-state index contributed by atoms with van der Waals surface area (Å²) in [6.07, 6.45) is 0. The largest absolute Gasteiger partial charge is 0.507 e. The van der Waals surface area contributed by atoms with E-state index in [-0.39, 0.29) is 28.0 Å². The third-order valence-corrected chi connectivity index (χ3v) is 2.78. The van der Waals surface area contributed by atoms with E-state index in [1.54, 1.807) is 0 Å². The van der Waals surface area contributed by atoms with E-state index in [0.29, 0.717) is 5.52 Å². The molecule has 0 saturated carbocycles. The van der Waals surface area contributed by atoms with Gasteiger partial charge >= 0.3 is 13.1 Å². The summed E-state index contributed by atoms with van der Waals surface area (Å²) in [6, 6.07) is 2.82. The van der Waals surface area contributed by atoms with E-state index in [0.717, 1.165) is 0 Å². The second kappa shape index (κ2) is 4.83. The first kappa shape index (κ1) is 13.3. The van der Waals surface area contributed by atoms with Crippen LogP contribution in [-0.2, 0) is 4.74 Å². The Labute approximate surface area is 108 Å². The smallest absolute Gasteiger partial charge is 0.496 e. The number of fused-ring (bicyclic) bond motifs is 1.